The molecule has 1 saturated heterocycles. The molecule has 0 amide bonds. The zero-order valence-electron chi connectivity index (χ0n) is 12.5. The Bertz CT molecular complexity index is 782. The molecule has 1 atom stereocenters. The van der Waals surface area contributed by atoms with Crippen LogP contribution in [0.1, 0.15) is 35.0 Å². The molecule has 0 bridgehead atoms. The number of nitrogens with zero attached hydrogens (tertiary/aromatic N) is 3. The molecule has 1 aromatic heterocycles. The van der Waals surface area contributed by atoms with E-state index in [2.05, 4.69) is 11.1 Å². The molecule has 1 fully saturated rings. The maximum Gasteiger partial charge on any atom is 0.434 e. The molecule has 1 aliphatic rings. The Morgan fingerprint density at radius 3 is 2.83 bits per heavy atom. The molecule has 3 rings (SSSR count). The van der Waals surface area contributed by atoms with Gasteiger partial charge in [0.15, 0.2) is 5.69 Å². The molecule has 0 N–H and O–H groups in total. The Morgan fingerprint density at radius 2 is 2.17 bits per heavy atom. The molecule has 2 aromatic rings. The molecule has 0 aliphatic carbocycles. The number of nitriles is 1. The first-order valence-electron chi connectivity index (χ1n) is 7.35. The topological polar surface area (TPSA) is 39.9 Å². The molecule has 3 nitrogen and oxygen atoms in total. The third-order valence-corrected chi connectivity index (χ3v) is 5.25. The normalized spacial score (nSPS) is 18.5. The van der Waals surface area contributed by atoms with Crippen molar-refractivity contribution in [1.29, 1.82) is 5.26 Å². The molecule has 0 spiro atoms. The van der Waals surface area contributed by atoms with E-state index in [1.165, 1.54) is 0 Å². The second-order valence-corrected chi connectivity index (χ2v) is 6.95. The van der Waals surface area contributed by atoms with Crippen molar-refractivity contribution in [3.63, 3.8) is 0 Å². The highest BCUT2D eigenvalue weighted by atomic mass is 35.5. The van der Waals surface area contributed by atoms with Gasteiger partial charge in [0, 0.05) is 29.4 Å². The van der Waals surface area contributed by atoms with Gasteiger partial charge in [-0.25, -0.2) is 4.98 Å². The minimum Gasteiger partial charge on any atom is -0.370 e. The van der Waals surface area contributed by atoms with Crippen LogP contribution in [0.4, 0.5) is 18.9 Å². The molecular weight excluding hydrogens is 359 g/mol. The first kappa shape index (κ1) is 17.1. The summed E-state index contributed by atoms with van der Waals surface area (Å²) in [5.41, 5.74) is 0.404. The van der Waals surface area contributed by atoms with Crippen molar-refractivity contribution in [1.82, 2.24) is 4.98 Å². The van der Waals surface area contributed by atoms with Crippen LogP contribution < -0.4 is 4.90 Å². The second kappa shape index (κ2) is 6.61. The zero-order chi connectivity index (χ0) is 17.3. The summed E-state index contributed by atoms with van der Waals surface area (Å²) in [7, 11) is 0. The molecule has 0 radical (unpaired) electrons. The molecule has 126 valence electrons. The van der Waals surface area contributed by atoms with Gasteiger partial charge in [0.1, 0.15) is 6.07 Å². The van der Waals surface area contributed by atoms with Gasteiger partial charge in [-0.15, -0.1) is 11.3 Å². The maximum atomic E-state index is 12.7. The molecule has 2 heterocycles. The van der Waals surface area contributed by atoms with Gasteiger partial charge in [0.25, 0.3) is 0 Å². The van der Waals surface area contributed by atoms with Crippen molar-refractivity contribution >= 4 is 28.6 Å². The average molecular weight is 372 g/mol. The first-order chi connectivity index (χ1) is 11.4. The predicted octanol–water partition coefficient (Wildman–Crippen LogP) is 5.07. The smallest absolute Gasteiger partial charge is 0.370 e. The fourth-order valence-corrected chi connectivity index (χ4v) is 4.00. The molecule has 8 heteroatoms. The lowest BCUT2D eigenvalue weighted by Crippen LogP contribution is -2.34. The summed E-state index contributed by atoms with van der Waals surface area (Å²) in [6, 6.07) is 7.23. The summed E-state index contributed by atoms with van der Waals surface area (Å²) in [4.78, 5) is 5.80. The van der Waals surface area contributed by atoms with Crippen molar-refractivity contribution in [3.8, 4) is 6.07 Å². The van der Waals surface area contributed by atoms with Crippen LogP contribution >= 0.6 is 22.9 Å². The van der Waals surface area contributed by atoms with Gasteiger partial charge in [-0.05, 0) is 31.0 Å². The van der Waals surface area contributed by atoms with Gasteiger partial charge < -0.3 is 4.90 Å². The van der Waals surface area contributed by atoms with E-state index in [1.54, 1.807) is 18.2 Å². The van der Waals surface area contributed by atoms with Crippen LogP contribution in [0.5, 0.6) is 0 Å². The Hall–Kier alpha value is -1.78. The number of rotatable bonds is 2. The van der Waals surface area contributed by atoms with E-state index in [-0.39, 0.29) is 5.92 Å². The summed E-state index contributed by atoms with van der Waals surface area (Å²) in [6.07, 6.45) is -2.79. The van der Waals surface area contributed by atoms with Crippen LogP contribution in [0.25, 0.3) is 0 Å². The Kier molecular flexibility index (Phi) is 4.70. The fraction of sp³-hybridized carbons (Fsp3) is 0.375. The monoisotopic (exact) mass is 371 g/mol. The van der Waals surface area contributed by atoms with E-state index in [4.69, 9.17) is 11.6 Å². The summed E-state index contributed by atoms with van der Waals surface area (Å²) in [5, 5.41) is 11.3. The molecule has 1 unspecified atom stereocenters. The second-order valence-electron chi connectivity index (χ2n) is 5.63. The van der Waals surface area contributed by atoms with Crippen molar-refractivity contribution in [3.05, 3.63) is 44.9 Å². The van der Waals surface area contributed by atoms with Gasteiger partial charge in [-0.1, -0.05) is 11.6 Å². The van der Waals surface area contributed by atoms with Crippen LogP contribution in [0.15, 0.2) is 23.6 Å². The Balaban J connectivity index is 1.83. The number of thiazole rings is 1. The van der Waals surface area contributed by atoms with E-state index < -0.39 is 11.9 Å². The van der Waals surface area contributed by atoms with Crippen LogP contribution in [0, 0.1) is 11.3 Å². The van der Waals surface area contributed by atoms with Gasteiger partial charge in [-0.2, -0.15) is 18.4 Å². The van der Waals surface area contributed by atoms with E-state index in [0.29, 0.717) is 22.1 Å². The number of alkyl halides is 3. The van der Waals surface area contributed by atoms with E-state index >= 15 is 0 Å². The number of hydrogen-bond acceptors (Lipinski definition) is 4. The summed E-state index contributed by atoms with van der Waals surface area (Å²) >= 11 is 6.97. The maximum absolute atomic E-state index is 12.7. The van der Waals surface area contributed by atoms with Crippen molar-refractivity contribution in [2.24, 2.45) is 0 Å². The standard InChI is InChI=1S/C16H13ClF3N3S/c17-12-3-4-13(11(6-12)7-21)23-5-1-2-10(8-23)15-22-14(9-24-15)16(18,19)20/h3-4,6,9-10H,1-2,5,8H2. The number of halogens is 4. The van der Waals surface area contributed by atoms with Crippen molar-refractivity contribution in [2.75, 3.05) is 18.0 Å². The molecule has 24 heavy (non-hydrogen) atoms. The fourth-order valence-electron chi connectivity index (χ4n) is 2.88. The zero-order valence-corrected chi connectivity index (χ0v) is 14.0. The van der Waals surface area contributed by atoms with Crippen LogP contribution in [0.3, 0.4) is 0 Å². The van der Waals surface area contributed by atoms with Crippen molar-refractivity contribution in [2.45, 2.75) is 24.9 Å². The van der Waals surface area contributed by atoms with Crippen molar-refractivity contribution < 1.29 is 13.2 Å². The summed E-state index contributed by atoms with van der Waals surface area (Å²) < 4.78 is 38.2. The highest BCUT2D eigenvalue weighted by Gasteiger charge is 2.35. The highest BCUT2D eigenvalue weighted by molar-refractivity contribution is 7.09. The number of anilines is 1. The Morgan fingerprint density at radius 1 is 1.38 bits per heavy atom. The van der Waals surface area contributed by atoms with E-state index in [1.807, 2.05) is 4.90 Å². The molecule has 0 saturated carbocycles. The largest absolute Gasteiger partial charge is 0.434 e. The van der Waals surface area contributed by atoms with E-state index in [9.17, 15) is 18.4 Å². The third kappa shape index (κ3) is 3.50. The number of benzene rings is 1. The number of hydrogen-bond donors (Lipinski definition) is 0. The van der Waals surface area contributed by atoms with Crippen LogP contribution in [-0.4, -0.2) is 18.1 Å². The third-order valence-electron chi connectivity index (χ3n) is 4.00. The van der Waals surface area contributed by atoms with Gasteiger partial charge >= 0.3 is 6.18 Å². The van der Waals surface area contributed by atoms with Gasteiger partial charge in [-0.3, -0.25) is 0 Å². The average Bonchev–Trinajstić information content (AvgIpc) is 3.05. The quantitative estimate of drug-likeness (QED) is 0.739. The SMILES string of the molecule is N#Cc1cc(Cl)ccc1N1CCCC(c2nc(C(F)(F)F)cs2)C1. The Labute approximate surface area is 146 Å². The lowest BCUT2D eigenvalue weighted by Gasteiger charge is -2.34. The van der Waals surface area contributed by atoms with Gasteiger partial charge in [0.05, 0.1) is 16.3 Å². The lowest BCUT2D eigenvalue weighted by molar-refractivity contribution is -0.140. The van der Waals surface area contributed by atoms with E-state index in [0.717, 1.165) is 41.8 Å². The predicted molar refractivity (Wildman–Crippen MR) is 87.5 cm³/mol. The molecule has 1 aromatic carbocycles. The minimum atomic E-state index is -4.41. The molecular formula is C16H13ClF3N3S. The number of aromatic nitrogens is 1. The minimum absolute atomic E-state index is 0.0675. The molecule has 1 aliphatic heterocycles. The van der Waals surface area contributed by atoms with Crippen LogP contribution in [0.2, 0.25) is 5.02 Å². The summed E-state index contributed by atoms with van der Waals surface area (Å²) in [6.45, 7) is 1.30. The highest BCUT2D eigenvalue weighted by Crippen LogP contribution is 2.36. The lowest BCUT2D eigenvalue weighted by atomic mass is 9.97. The first-order valence-corrected chi connectivity index (χ1v) is 8.61. The number of piperidine rings is 1. The van der Waals surface area contributed by atoms with Crippen LogP contribution in [-0.2, 0) is 6.18 Å². The van der Waals surface area contributed by atoms with Gasteiger partial charge in [0.2, 0.25) is 0 Å². The summed E-state index contributed by atoms with van der Waals surface area (Å²) in [5.74, 6) is -0.0675.